The van der Waals surface area contributed by atoms with Gasteiger partial charge in [0.2, 0.25) is 0 Å². The van der Waals surface area contributed by atoms with Crippen molar-refractivity contribution in [1.29, 1.82) is 0 Å². The Hall–Kier alpha value is -8.14. The molecule has 0 radical (unpaired) electrons. The molecule has 10 aromatic rings. The van der Waals surface area contributed by atoms with E-state index in [-0.39, 0.29) is 0 Å². The number of benzene rings is 9. The molecule has 1 aliphatic carbocycles. The summed E-state index contributed by atoms with van der Waals surface area (Å²) in [5.74, 6) is 0. The maximum atomic E-state index is 2.41. The van der Waals surface area contributed by atoms with Crippen molar-refractivity contribution in [2.24, 2.45) is 0 Å². The lowest BCUT2D eigenvalue weighted by Gasteiger charge is -2.28. The van der Waals surface area contributed by atoms with Crippen LogP contribution in [0.1, 0.15) is 12.8 Å². The Kier molecular flexibility index (Phi) is 10.0. The summed E-state index contributed by atoms with van der Waals surface area (Å²) in [5, 5.41) is 2.46. The molecule has 0 aliphatic heterocycles. The average Bonchev–Trinajstić information content (AvgIpc) is 3.70. The van der Waals surface area contributed by atoms with E-state index >= 15 is 0 Å². The summed E-state index contributed by atoms with van der Waals surface area (Å²) in [6.07, 6.45) is 8.98. The van der Waals surface area contributed by atoms with Crippen LogP contribution in [0.5, 0.6) is 0 Å². The minimum absolute atomic E-state index is 1.04. The van der Waals surface area contributed by atoms with E-state index in [9.17, 15) is 0 Å². The van der Waals surface area contributed by atoms with Gasteiger partial charge in [0.1, 0.15) is 0 Å². The molecular weight excluding hydrogens is 763 g/mol. The van der Waals surface area contributed by atoms with E-state index < -0.39 is 0 Å². The minimum Gasteiger partial charge on any atom is -0.311 e. The highest BCUT2D eigenvalue weighted by atomic mass is 15.1. The Morgan fingerprint density at radius 1 is 0.349 bits per heavy atom. The molecule has 300 valence electrons. The highest BCUT2D eigenvalue weighted by Gasteiger charge is 2.20. The molecule has 0 fully saturated rings. The van der Waals surface area contributed by atoms with E-state index in [0.29, 0.717) is 0 Å². The fraction of sp³-hybridized carbons (Fsp3) is 0.0333. The molecule has 0 atom stereocenters. The topological polar surface area (TPSA) is 11.4 Å². The molecule has 1 aromatic heterocycles. The van der Waals surface area contributed by atoms with Gasteiger partial charge in [0.15, 0.2) is 0 Å². The van der Waals surface area contributed by atoms with E-state index in [2.05, 4.69) is 263 Å². The van der Waals surface area contributed by atoms with Crippen molar-refractivity contribution in [2.75, 3.05) is 9.80 Å². The van der Waals surface area contributed by atoms with Gasteiger partial charge in [0.25, 0.3) is 0 Å². The zero-order valence-electron chi connectivity index (χ0n) is 34.9. The molecule has 1 heterocycles. The second-order valence-electron chi connectivity index (χ2n) is 16.0. The number of hydrogen-bond acceptors (Lipinski definition) is 2. The molecule has 11 rings (SSSR count). The zero-order chi connectivity index (χ0) is 42.0. The third kappa shape index (κ3) is 7.20. The van der Waals surface area contributed by atoms with Gasteiger partial charge >= 0.3 is 0 Å². The largest absolute Gasteiger partial charge is 0.311 e. The summed E-state index contributed by atoms with van der Waals surface area (Å²) in [4.78, 5) is 4.68. The summed E-state index contributed by atoms with van der Waals surface area (Å²) in [5.41, 5.74) is 17.4. The first-order valence-corrected chi connectivity index (χ1v) is 21.8. The Balaban J connectivity index is 1.08. The average molecular weight is 808 g/mol. The number of nitrogens with zero attached hydrogens (tertiary/aromatic N) is 3. The van der Waals surface area contributed by atoms with E-state index in [1.54, 1.807) is 0 Å². The second-order valence-corrected chi connectivity index (χ2v) is 16.0. The van der Waals surface area contributed by atoms with Crippen LogP contribution in [0.15, 0.2) is 254 Å². The smallest absolute Gasteiger partial charge is 0.0541 e. The molecule has 0 saturated heterocycles. The fourth-order valence-corrected chi connectivity index (χ4v) is 9.30. The maximum absolute atomic E-state index is 2.41. The van der Waals surface area contributed by atoms with Crippen LogP contribution in [0.2, 0.25) is 0 Å². The molecule has 9 aromatic carbocycles. The van der Waals surface area contributed by atoms with E-state index in [1.165, 1.54) is 55.3 Å². The first-order chi connectivity index (χ1) is 31.3. The predicted molar refractivity (Wildman–Crippen MR) is 267 cm³/mol. The number of hydrogen-bond donors (Lipinski definition) is 0. The van der Waals surface area contributed by atoms with Crippen molar-refractivity contribution in [3.05, 3.63) is 254 Å². The van der Waals surface area contributed by atoms with Crippen molar-refractivity contribution in [3.63, 3.8) is 0 Å². The maximum Gasteiger partial charge on any atom is 0.0541 e. The van der Waals surface area contributed by atoms with Gasteiger partial charge in [-0.15, -0.1) is 0 Å². The van der Waals surface area contributed by atoms with E-state index in [0.717, 1.165) is 52.5 Å². The quantitative estimate of drug-likeness (QED) is 0.136. The van der Waals surface area contributed by atoms with Crippen LogP contribution in [-0.4, -0.2) is 4.57 Å². The number of rotatable bonds is 10. The molecule has 63 heavy (non-hydrogen) atoms. The van der Waals surface area contributed by atoms with Crippen molar-refractivity contribution in [3.8, 4) is 39.1 Å². The number of anilines is 5. The number of aromatic nitrogens is 1. The lowest BCUT2D eigenvalue weighted by atomic mass is 9.87. The molecule has 0 unspecified atom stereocenters. The molecule has 0 bridgehead atoms. The van der Waals surface area contributed by atoms with Crippen LogP contribution >= 0.6 is 0 Å². The van der Waals surface area contributed by atoms with Crippen LogP contribution in [0.4, 0.5) is 28.4 Å². The van der Waals surface area contributed by atoms with Crippen LogP contribution in [0.3, 0.4) is 0 Å². The van der Waals surface area contributed by atoms with Crippen molar-refractivity contribution < 1.29 is 0 Å². The predicted octanol–water partition coefficient (Wildman–Crippen LogP) is 16.6. The summed E-state index contributed by atoms with van der Waals surface area (Å²) in [6, 6.07) is 83.4. The van der Waals surface area contributed by atoms with Crippen LogP contribution in [0, 0.1) is 0 Å². The summed E-state index contributed by atoms with van der Waals surface area (Å²) < 4.78 is 2.39. The Morgan fingerprint density at radius 3 is 1.40 bits per heavy atom. The van der Waals surface area contributed by atoms with Gasteiger partial charge in [-0.2, -0.15) is 0 Å². The van der Waals surface area contributed by atoms with E-state index in [4.69, 9.17) is 0 Å². The van der Waals surface area contributed by atoms with Crippen molar-refractivity contribution in [1.82, 2.24) is 4.57 Å². The third-order valence-electron chi connectivity index (χ3n) is 12.2. The number of para-hydroxylation sites is 5. The molecule has 3 heteroatoms. The van der Waals surface area contributed by atoms with Crippen LogP contribution in [0.25, 0.3) is 60.9 Å². The van der Waals surface area contributed by atoms with Gasteiger partial charge in [0, 0.05) is 50.6 Å². The number of fused-ring (bicyclic) bond motifs is 3. The first kappa shape index (κ1) is 37.8. The lowest BCUT2D eigenvalue weighted by Crippen LogP contribution is -2.16. The number of allylic oxidation sites excluding steroid dienone is 3. The van der Waals surface area contributed by atoms with Gasteiger partial charge < -0.3 is 14.4 Å². The molecule has 0 amide bonds. The molecular formula is C60H45N3. The van der Waals surface area contributed by atoms with Crippen LogP contribution < -0.4 is 9.80 Å². The van der Waals surface area contributed by atoms with Gasteiger partial charge in [-0.1, -0.05) is 152 Å². The fourth-order valence-electron chi connectivity index (χ4n) is 9.30. The summed E-state index contributed by atoms with van der Waals surface area (Å²) in [6.45, 7) is 0. The van der Waals surface area contributed by atoms with Gasteiger partial charge in [-0.25, -0.2) is 0 Å². The van der Waals surface area contributed by atoms with E-state index in [1.807, 2.05) is 0 Å². The zero-order valence-corrected chi connectivity index (χ0v) is 34.9. The summed E-state index contributed by atoms with van der Waals surface area (Å²) in [7, 11) is 0. The molecule has 0 spiro atoms. The van der Waals surface area contributed by atoms with Crippen LogP contribution in [-0.2, 0) is 0 Å². The highest BCUT2D eigenvalue weighted by molar-refractivity contribution is 6.11. The molecule has 0 saturated carbocycles. The minimum atomic E-state index is 1.04. The third-order valence-corrected chi connectivity index (χ3v) is 12.2. The Morgan fingerprint density at radius 2 is 0.825 bits per heavy atom. The summed E-state index contributed by atoms with van der Waals surface area (Å²) >= 11 is 0. The molecule has 3 nitrogen and oxygen atoms in total. The normalized spacial score (nSPS) is 12.3. The van der Waals surface area contributed by atoms with Gasteiger partial charge in [-0.05, 0) is 143 Å². The van der Waals surface area contributed by atoms with Gasteiger partial charge in [-0.3, -0.25) is 0 Å². The highest BCUT2D eigenvalue weighted by Crippen LogP contribution is 2.45. The first-order valence-electron chi connectivity index (χ1n) is 21.8. The van der Waals surface area contributed by atoms with Crippen molar-refractivity contribution >= 4 is 50.2 Å². The molecule has 1 aliphatic rings. The monoisotopic (exact) mass is 807 g/mol. The SMILES string of the molecule is C1=CC(N(c2ccccc2)c2ccc(-c3cccc(-c4ccc(N(c5ccccc5)c5ccccc5)cc4)c3-c3ccc4c(c3)c3ccccc3n4-c3ccccc3)cc2)=CCC1. The lowest BCUT2D eigenvalue weighted by molar-refractivity contribution is 0.997. The second kappa shape index (κ2) is 16.7. The Labute approximate surface area is 369 Å². The molecule has 0 N–H and O–H groups in total. The standard InChI is InChI=1S/C60H45N3/c1-6-19-47(20-7-1)61(48-21-8-2-9-22-48)52-38-33-44(34-39-52)54-30-18-31-55(45-35-40-53(41-36-45)62(49-23-10-3-11-24-49)50-25-12-4-13-26-50)60(54)46-37-42-59-57(43-46)56-29-16-17-32-58(56)63(59)51-27-14-5-15-28-51/h1-3,5-12,14-43H,4,13H2. The van der Waals surface area contributed by atoms with Crippen molar-refractivity contribution in [2.45, 2.75) is 12.8 Å². The van der Waals surface area contributed by atoms with Gasteiger partial charge in [0.05, 0.1) is 11.0 Å². The Bertz CT molecular complexity index is 3200.